The monoisotopic (exact) mass is 250 g/mol. The molecule has 0 radical (unpaired) electrons. The number of likely N-dealkylation sites (N-methyl/N-ethyl adjacent to an activating group) is 2. The van der Waals surface area contributed by atoms with Gasteiger partial charge in [0.2, 0.25) is 0 Å². The van der Waals surface area contributed by atoms with E-state index in [-0.39, 0.29) is 6.04 Å². The van der Waals surface area contributed by atoms with Gasteiger partial charge in [-0.15, -0.1) is 0 Å². The first-order chi connectivity index (χ1) is 8.51. The molecule has 1 aromatic rings. The Balaban J connectivity index is 2.98. The molecule has 0 aliphatic heterocycles. The highest BCUT2D eigenvalue weighted by molar-refractivity contribution is 5.74. The number of carboxylic acid groups (broad SMARTS) is 1. The maximum Gasteiger partial charge on any atom is 0.322 e. The topological polar surface area (TPSA) is 61.4 Å². The molecule has 0 heterocycles. The van der Waals surface area contributed by atoms with Crippen molar-refractivity contribution in [2.24, 2.45) is 0 Å². The average molecular weight is 250 g/mol. The minimum Gasteiger partial charge on any atom is -0.480 e. The standard InChI is InChI=1S/C14H22N2O2/c1-9(2)10-5-7-11(8-6-10)12(15-3)13(16-4)14(17)18/h5-9,12-13,15-16H,1-4H3,(H,17,18). The third-order valence-corrected chi connectivity index (χ3v) is 3.18. The Morgan fingerprint density at radius 2 is 1.56 bits per heavy atom. The van der Waals surface area contributed by atoms with Crippen molar-refractivity contribution < 1.29 is 9.90 Å². The number of hydrogen-bond donors (Lipinski definition) is 3. The predicted molar refractivity (Wildman–Crippen MR) is 72.8 cm³/mol. The SMILES string of the molecule is CNC(C(=O)O)C(NC)c1ccc(C(C)C)cc1. The minimum atomic E-state index is -0.857. The molecule has 18 heavy (non-hydrogen) atoms. The summed E-state index contributed by atoms with van der Waals surface area (Å²) in [7, 11) is 3.43. The molecule has 2 unspecified atom stereocenters. The van der Waals surface area contributed by atoms with Crippen LogP contribution in [0.1, 0.15) is 36.9 Å². The minimum absolute atomic E-state index is 0.242. The fraction of sp³-hybridized carbons (Fsp3) is 0.500. The van der Waals surface area contributed by atoms with Crippen LogP contribution in [0.15, 0.2) is 24.3 Å². The molecule has 0 fully saturated rings. The molecule has 0 bridgehead atoms. The van der Waals surface area contributed by atoms with Crippen LogP contribution in [0.4, 0.5) is 0 Å². The smallest absolute Gasteiger partial charge is 0.322 e. The van der Waals surface area contributed by atoms with E-state index in [0.29, 0.717) is 5.92 Å². The van der Waals surface area contributed by atoms with Crippen molar-refractivity contribution in [2.45, 2.75) is 31.8 Å². The van der Waals surface area contributed by atoms with Crippen molar-refractivity contribution >= 4 is 5.97 Å². The van der Waals surface area contributed by atoms with E-state index < -0.39 is 12.0 Å². The van der Waals surface area contributed by atoms with E-state index in [4.69, 9.17) is 0 Å². The van der Waals surface area contributed by atoms with Crippen LogP contribution in [0.5, 0.6) is 0 Å². The van der Waals surface area contributed by atoms with Crippen molar-refractivity contribution in [1.82, 2.24) is 10.6 Å². The predicted octanol–water partition coefficient (Wildman–Crippen LogP) is 1.74. The summed E-state index contributed by atoms with van der Waals surface area (Å²) in [5.74, 6) is -0.378. The highest BCUT2D eigenvalue weighted by Crippen LogP contribution is 2.20. The fourth-order valence-corrected chi connectivity index (χ4v) is 2.05. The summed E-state index contributed by atoms with van der Waals surface area (Å²) >= 11 is 0. The largest absolute Gasteiger partial charge is 0.480 e. The van der Waals surface area contributed by atoms with Crippen LogP contribution in [0.25, 0.3) is 0 Å². The first-order valence-electron chi connectivity index (χ1n) is 6.18. The molecule has 1 aromatic carbocycles. The molecule has 0 saturated heterocycles. The van der Waals surface area contributed by atoms with E-state index in [9.17, 15) is 9.90 Å². The number of rotatable bonds is 6. The Labute approximate surface area is 108 Å². The molecule has 0 spiro atoms. The second-order valence-corrected chi connectivity index (χ2v) is 4.69. The molecule has 0 aliphatic carbocycles. The highest BCUT2D eigenvalue weighted by Gasteiger charge is 2.26. The summed E-state index contributed by atoms with van der Waals surface area (Å²) < 4.78 is 0. The zero-order valence-electron chi connectivity index (χ0n) is 11.4. The van der Waals surface area contributed by atoms with Gasteiger partial charge in [0.1, 0.15) is 6.04 Å². The molecule has 3 N–H and O–H groups in total. The molecule has 0 aliphatic rings. The van der Waals surface area contributed by atoms with E-state index in [1.165, 1.54) is 5.56 Å². The number of carbonyl (C=O) groups is 1. The Bertz CT molecular complexity index is 387. The molecule has 4 heteroatoms. The summed E-state index contributed by atoms with van der Waals surface area (Å²) in [4.78, 5) is 11.2. The summed E-state index contributed by atoms with van der Waals surface area (Å²) in [6, 6.07) is 7.21. The Morgan fingerprint density at radius 1 is 1.06 bits per heavy atom. The lowest BCUT2D eigenvalue weighted by Gasteiger charge is -2.24. The van der Waals surface area contributed by atoms with Gasteiger partial charge in [0.05, 0.1) is 6.04 Å². The summed E-state index contributed by atoms with van der Waals surface area (Å²) in [5.41, 5.74) is 2.23. The zero-order valence-corrected chi connectivity index (χ0v) is 11.4. The lowest BCUT2D eigenvalue weighted by Crippen LogP contribution is -2.44. The van der Waals surface area contributed by atoms with Crippen molar-refractivity contribution in [1.29, 1.82) is 0 Å². The second kappa shape index (κ2) is 6.52. The van der Waals surface area contributed by atoms with Crippen LogP contribution < -0.4 is 10.6 Å². The third kappa shape index (κ3) is 3.31. The molecular formula is C14H22N2O2. The lowest BCUT2D eigenvalue weighted by atomic mass is 9.95. The van der Waals surface area contributed by atoms with Gasteiger partial charge in [-0.25, -0.2) is 0 Å². The van der Waals surface area contributed by atoms with Crippen molar-refractivity contribution in [3.05, 3.63) is 35.4 Å². The van der Waals surface area contributed by atoms with Crippen LogP contribution in [0.2, 0.25) is 0 Å². The Hall–Kier alpha value is -1.39. The van der Waals surface area contributed by atoms with Gasteiger partial charge in [0.15, 0.2) is 0 Å². The van der Waals surface area contributed by atoms with Gasteiger partial charge in [-0.2, -0.15) is 0 Å². The van der Waals surface area contributed by atoms with E-state index in [2.05, 4.69) is 36.6 Å². The van der Waals surface area contributed by atoms with Crippen LogP contribution in [0.3, 0.4) is 0 Å². The normalized spacial score (nSPS) is 14.5. The maximum atomic E-state index is 11.2. The number of carboxylic acids is 1. The fourth-order valence-electron chi connectivity index (χ4n) is 2.05. The van der Waals surface area contributed by atoms with Gasteiger partial charge in [-0.05, 0) is 31.1 Å². The number of aliphatic carboxylic acids is 1. The molecule has 100 valence electrons. The van der Waals surface area contributed by atoms with E-state index in [1.54, 1.807) is 14.1 Å². The molecule has 0 saturated carbocycles. The van der Waals surface area contributed by atoms with Gasteiger partial charge < -0.3 is 15.7 Å². The zero-order chi connectivity index (χ0) is 13.7. The van der Waals surface area contributed by atoms with E-state index in [1.807, 2.05) is 12.1 Å². The molecule has 0 aromatic heterocycles. The highest BCUT2D eigenvalue weighted by atomic mass is 16.4. The number of hydrogen-bond acceptors (Lipinski definition) is 3. The van der Waals surface area contributed by atoms with E-state index in [0.717, 1.165) is 5.56 Å². The van der Waals surface area contributed by atoms with Crippen LogP contribution in [-0.2, 0) is 4.79 Å². The lowest BCUT2D eigenvalue weighted by molar-refractivity contribution is -0.140. The second-order valence-electron chi connectivity index (χ2n) is 4.69. The van der Waals surface area contributed by atoms with Gasteiger partial charge in [-0.1, -0.05) is 38.1 Å². The first-order valence-corrected chi connectivity index (χ1v) is 6.18. The van der Waals surface area contributed by atoms with Crippen LogP contribution >= 0.6 is 0 Å². The van der Waals surface area contributed by atoms with Crippen LogP contribution in [0, 0.1) is 0 Å². The molecule has 2 atom stereocenters. The van der Waals surface area contributed by atoms with Gasteiger partial charge >= 0.3 is 5.97 Å². The van der Waals surface area contributed by atoms with E-state index >= 15 is 0 Å². The summed E-state index contributed by atoms with van der Waals surface area (Å²) in [6.07, 6.45) is 0. The molecule has 0 amide bonds. The quantitative estimate of drug-likeness (QED) is 0.720. The van der Waals surface area contributed by atoms with Crippen molar-refractivity contribution in [2.75, 3.05) is 14.1 Å². The van der Waals surface area contributed by atoms with Crippen molar-refractivity contribution in [3.8, 4) is 0 Å². The van der Waals surface area contributed by atoms with Gasteiger partial charge in [0, 0.05) is 0 Å². The first kappa shape index (κ1) is 14.7. The average Bonchev–Trinajstić information content (AvgIpc) is 2.35. The van der Waals surface area contributed by atoms with Crippen molar-refractivity contribution in [3.63, 3.8) is 0 Å². The molecular weight excluding hydrogens is 228 g/mol. The maximum absolute atomic E-state index is 11.2. The molecule has 4 nitrogen and oxygen atoms in total. The third-order valence-electron chi connectivity index (χ3n) is 3.18. The van der Waals surface area contributed by atoms with Gasteiger partial charge in [0.25, 0.3) is 0 Å². The Kier molecular flexibility index (Phi) is 5.31. The molecule has 1 rings (SSSR count). The summed E-state index contributed by atoms with van der Waals surface area (Å²) in [5, 5.41) is 15.1. The Morgan fingerprint density at radius 3 is 1.89 bits per heavy atom. The van der Waals surface area contributed by atoms with Gasteiger partial charge in [-0.3, -0.25) is 4.79 Å². The number of nitrogens with one attached hydrogen (secondary N) is 2. The number of benzene rings is 1. The van der Waals surface area contributed by atoms with Crippen LogP contribution in [-0.4, -0.2) is 31.2 Å². The summed E-state index contributed by atoms with van der Waals surface area (Å²) in [6.45, 7) is 4.27.